The Balaban J connectivity index is 2.19. The normalized spacial score (nSPS) is 18.8. The summed E-state index contributed by atoms with van der Waals surface area (Å²) in [5.74, 6) is 0.304. The molecule has 0 amide bonds. The van der Waals surface area contributed by atoms with Crippen LogP contribution in [0.15, 0.2) is 18.2 Å². The van der Waals surface area contributed by atoms with Gasteiger partial charge in [0.1, 0.15) is 5.75 Å². The number of halogens is 1. The van der Waals surface area contributed by atoms with E-state index in [1.54, 1.807) is 6.07 Å². The van der Waals surface area contributed by atoms with Gasteiger partial charge in [-0.2, -0.15) is 0 Å². The second-order valence-electron chi connectivity index (χ2n) is 4.83. The number of aryl methyl sites for hydroxylation is 1. The van der Waals surface area contributed by atoms with E-state index < -0.39 is 0 Å². The Kier molecular flexibility index (Phi) is 4.55. The Bertz CT molecular complexity index is 391. The molecule has 2 rings (SSSR count). The van der Waals surface area contributed by atoms with Crippen LogP contribution in [0.25, 0.3) is 0 Å². The molecule has 1 aliphatic rings. The molecule has 1 heterocycles. The zero-order chi connectivity index (χ0) is 13.0. The molecule has 1 aliphatic heterocycles. The molecule has 0 spiro atoms. The van der Waals surface area contributed by atoms with Crippen molar-refractivity contribution in [1.29, 1.82) is 0 Å². The second-order valence-corrected chi connectivity index (χ2v) is 4.83. The van der Waals surface area contributed by atoms with Gasteiger partial charge in [0.2, 0.25) is 0 Å². The number of aromatic hydroxyl groups is 1. The minimum Gasteiger partial charge on any atom is -0.508 e. The van der Waals surface area contributed by atoms with Crippen molar-refractivity contribution in [3.8, 4) is 5.75 Å². The van der Waals surface area contributed by atoms with Crippen molar-refractivity contribution >= 4 is 0 Å². The first-order chi connectivity index (χ1) is 8.72. The van der Waals surface area contributed by atoms with Gasteiger partial charge in [-0.25, -0.2) is 0 Å². The molecule has 0 saturated carbocycles. The first-order valence-electron chi connectivity index (χ1n) is 6.52. The topological polar surface area (TPSA) is 35.5 Å². The van der Waals surface area contributed by atoms with Crippen molar-refractivity contribution in [1.82, 2.24) is 10.2 Å². The number of phenolic OH excluding ortho intramolecular Hbond substituents is 1. The van der Waals surface area contributed by atoms with E-state index in [9.17, 15) is 9.50 Å². The van der Waals surface area contributed by atoms with Gasteiger partial charge in [-0.15, -0.1) is 0 Å². The fraction of sp³-hybridized carbons (Fsp3) is 0.571. The average Bonchev–Trinajstić information content (AvgIpc) is 2.40. The van der Waals surface area contributed by atoms with E-state index in [2.05, 4.69) is 10.2 Å². The fourth-order valence-electron chi connectivity index (χ4n) is 2.54. The van der Waals surface area contributed by atoms with Crippen LogP contribution in [0.5, 0.6) is 5.75 Å². The van der Waals surface area contributed by atoms with Gasteiger partial charge in [0.15, 0.2) is 0 Å². The first kappa shape index (κ1) is 13.3. The summed E-state index contributed by atoms with van der Waals surface area (Å²) in [5, 5.41) is 12.9. The third-order valence-corrected chi connectivity index (χ3v) is 3.58. The lowest BCUT2D eigenvalue weighted by Crippen LogP contribution is -2.45. The second kappa shape index (κ2) is 6.16. The van der Waals surface area contributed by atoms with Gasteiger partial charge in [-0.05, 0) is 30.5 Å². The molecule has 4 heteroatoms. The Morgan fingerprint density at radius 3 is 2.72 bits per heavy atom. The van der Waals surface area contributed by atoms with E-state index in [4.69, 9.17) is 0 Å². The summed E-state index contributed by atoms with van der Waals surface area (Å²) < 4.78 is 12.8. The van der Waals surface area contributed by atoms with Crippen molar-refractivity contribution in [3.05, 3.63) is 29.3 Å². The molecule has 18 heavy (non-hydrogen) atoms. The van der Waals surface area contributed by atoms with Crippen LogP contribution in [0, 0.1) is 6.92 Å². The number of benzene rings is 1. The summed E-state index contributed by atoms with van der Waals surface area (Å²) in [6, 6.07) is 5.71. The third-order valence-electron chi connectivity index (χ3n) is 3.58. The maximum absolute atomic E-state index is 12.8. The van der Waals surface area contributed by atoms with E-state index in [1.807, 2.05) is 19.1 Å². The largest absolute Gasteiger partial charge is 0.508 e. The zero-order valence-electron chi connectivity index (χ0n) is 10.8. The van der Waals surface area contributed by atoms with Crippen LogP contribution in [0.3, 0.4) is 0 Å². The van der Waals surface area contributed by atoms with Crippen LogP contribution in [0.1, 0.15) is 23.6 Å². The molecule has 1 saturated heterocycles. The highest BCUT2D eigenvalue weighted by molar-refractivity contribution is 5.36. The van der Waals surface area contributed by atoms with Crippen molar-refractivity contribution in [2.24, 2.45) is 0 Å². The number of nitrogens with one attached hydrogen (secondary N) is 1. The monoisotopic (exact) mass is 252 g/mol. The fourth-order valence-corrected chi connectivity index (χ4v) is 2.54. The van der Waals surface area contributed by atoms with E-state index in [1.165, 1.54) is 0 Å². The van der Waals surface area contributed by atoms with Crippen LogP contribution >= 0.6 is 0 Å². The minimum absolute atomic E-state index is 0.122. The van der Waals surface area contributed by atoms with Gasteiger partial charge in [0.05, 0.1) is 6.67 Å². The van der Waals surface area contributed by atoms with E-state index in [0.29, 0.717) is 12.2 Å². The van der Waals surface area contributed by atoms with Crippen molar-refractivity contribution < 1.29 is 9.50 Å². The summed E-state index contributed by atoms with van der Waals surface area (Å²) in [6.45, 7) is 5.38. The molecule has 0 bridgehead atoms. The molecule has 0 radical (unpaired) electrons. The molecule has 1 atom stereocenters. The third kappa shape index (κ3) is 3.00. The first-order valence-corrected chi connectivity index (χ1v) is 6.52. The molecule has 100 valence electrons. The van der Waals surface area contributed by atoms with Gasteiger partial charge >= 0.3 is 0 Å². The van der Waals surface area contributed by atoms with Crippen LogP contribution in [-0.2, 0) is 0 Å². The Labute approximate surface area is 108 Å². The van der Waals surface area contributed by atoms with Gasteiger partial charge < -0.3 is 10.4 Å². The molecule has 0 unspecified atom stereocenters. The van der Waals surface area contributed by atoms with Crippen molar-refractivity contribution in [3.63, 3.8) is 0 Å². The summed E-state index contributed by atoms with van der Waals surface area (Å²) in [7, 11) is 0. The molecule has 3 nitrogen and oxygen atoms in total. The number of phenols is 1. The molecular formula is C14H21FN2O. The number of alkyl halides is 1. The molecule has 1 aromatic carbocycles. The summed E-state index contributed by atoms with van der Waals surface area (Å²) in [4.78, 5) is 2.32. The standard InChI is InChI=1S/C14H21FN2O/c1-11-10-12(2-3-14(11)18)13(4-5-15)17-8-6-16-7-9-17/h2-3,10,13,16,18H,4-9H2,1H3/t13-/m1/s1. The number of piperazine rings is 1. The molecule has 1 aromatic rings. The summed E-state index contributed by atoms with van der Waals surface area (Å²) in [6.07, 6.45) is 0.518. The van der Waals surface area contributed by atoms with Gasteiger partial charge in [-0.3, -0.25) is 9.29 Å². The van der Waals surface area contributed by atoms with Gasteiger partial charge in [0.25, 0.3) is 0 Å². The van der Waals surface area contributed by atoms with Crippen molar-refractivity contribution in [2.75, 3.05) is 32.9 Å². The highest BCUT2D eigenvalue weighted by Gasteiger charge is 2.22. The van der Waals surface area contributed by atoms with E-state index in [-0.39, 0.29) is 12.7 Å². The van der Waals surface area contributed by atoms with E-state index >= 15 is 0 Å². The van der Waals surface area contributed by atoms with Crippen LogP contribution in [-0.4, -0.2) is 42.9 Å². The number of nitrogens with zero attached hydrogens (tertiary/aromatic N) is 1. The lowest BCUT2D eigenvalue weighted by atomic mass is 9.99. The molecule has 2 N–H and O–H groups in total. The maximum Gasteiger partial charge on any atom is 0.118 e. The zero-order valence-corrected chi connectivity index (χ0v) is 10.8. The molecule has 1 fully saturated rings. The van der Waals surface area contributed by atoms with Crippen LogP contribution in [0.2, 0.25) is 0 Å². The quantitative estimate of drug-likeness (QED) is 0.860. The van der Waals surface area contributed by atoms with E-state index in [0.717, 1.165) is 37.3 Å². The molecular weight excluding hydrogens is 231 g/mol. The van der Waals surface area contributed by atoms with Gasteiger partial charge in [-0.1, -0.05) is 12.1 Å². The number of hydrogen-bond acceptors (Lipinski definition) is 3. The van der Waals surface area contributed by atoms with Crippen LogP contribution in [0.4, 0.5) is 4.39 Å². The van der Waals surface area contributed by atoms with Gasteiger partial charge in [0, 0.05) is 32.2 Å². The highest BCUT2D eigenvalue weighted by Crippen LogP contribution is 2.28. The number of rotatable bonds is 4. The Morgan fingerprint density at radius 1 is 1.39 bits per heavy atom. The average molecular weight is 252 g/mol. The molecule has 0 aliphatic carbocycles. The predicted octanol–water partition coefficient (Wildman–Crippen LogP) is 2.01. The predicted molar refractivity (Wildman–Crippen MR) is 70.6 cm³/mol. The maximum atomic E-state index is 12.8. The lowest BCUT2D eigenvalue weighted by molar-refractivity contribution is 0.157. The highest BCUT2D eigenvalue weighted by atomic mass is 19.1. The number of hydrogen-bond donors (Lipinski definition) is 2. The lowest BCUT2D eigenvalue weighted by Gasteiger charge is -2.35. The SMILES string of the molecule is Cc1cc([C@@H](CCF)N2CCNCC2)ccc1O. The Morgan fingerprint density at radius 2 is 2.11 bits per heavy atom. The summed E-state index contributed by atoms with van der Waals surface area (Å²) in [5.41, 5.74) is 1.95. The molecule has 0 aromatic heterocycles. The van der Waals surface area contributed by atoms with Crippen molar-refractivity contribution in [2.45, 2.75) is 19.4 Å². The Hall–Kier alpha value is -1.13. The van der Waals surface area contributed by atoms with Crippen LogP contribution < -0.4 is 5.32 Å². The summed E-state index contributed by atoms with van der Waals surface area (Å²) >= 11 is 0. The smallest absolute Gasteiger partial charge is 0.118 e. The minimum atomic E-state index is -0.311.